The Morgan fingerprint density at radius 3 is 2.44 bits per heavy atom. The Labute approximate surface area is 109 Å². The van der Waals surface area contributed by atoms with E-state index in [0.29, 0.717) is 25.5 Å². The summed E-state index contributed by atoms with van der Waals surface area (Å²) in [5.74, 6) is 0.330. The van der Waals surface area contributed by atoms with Crippen molar-refractivity contribution in [3.63, 3.8) is 0 Å². The second-order valence-electron chi connectivity index (χ2n) is 3.93. The van der Waals surface area contributed by atoms with Crippen LogP contribution in [-0.2, 0) is 16.0 Å². The average Bonchev–Trinajstić information content (AvgIpc) is 2.37. The lowest BCUT2D eigenvalue weighted by molar-refractivity contribution is -0.138. The van der Waals surface area contributed by atoms with Crippen molar-refractivity contribution in [3.8, 4) is 5.75 Å². The molecule has 102 valence electrons. The predicted molar refractivity (Wildman–Crippen MR) is 71.5 cm³/mol. The van der Waals surface area contributed by atoms with Crippen LogP contribution in [0, 0.1) is 0 Å². The van der Waals surface area contributed by atoms with Gasteiger partial charge >= 0.3 is 0 Å². The van der Waals surface area contributed by atoms with E-state index < -0.39 is 0 Å². The molecule has 0 aliphatic rings. The Balaban J connectivity index is 2.23. The number of rotatable bonds is 9. The summed E-state index contributed by atoms with van der Waals surface area (Å²) in [4.78, 5) is 0. The van der Waals surface area contributed by atoms with E-state index in [4.69, 9.17) is 9.47 Å². The quantitative estimate of drug-likeness (QED) is 0.523. The van der Waals surface area contributed by atoms with E-state index in [1.165, 1.54) is 0 Å². The molecule has 0 spiro atoms. The summed E-state index contributed by atoms with van der Waals surface area (Å²) in [7, 11) is 0. The molecule has 0 bridgehead atoms. The van der Waals surface area contributed by atoms with Crippen LogP contribution >= 0.6 is 0 Å². The topological polar surface area (TPSA) is 50.7 Å². The lowest BCUT2D eigenvalue weighted by atomic mass is 10.2. The number of hydrogen-bond donors (Lipinski definition) is 2. The van der Waals surface area contributed by atoms with Crippen molar-refractivity contribution in [2.45, 2.75) is 33.1 Å². The van der Waals surface area contributed by atoms with Crippen LogP contribution in [0.15, 0.2) is 24.3 Å². The fraction of sp³-hybridized carbons (Fsp3) is 0.571. The molecular formula is C14H23NO3. The maximum absolute atomic E-state index is 9.60. The van der Waals surface area contributed by atoms with Gasteiger partial charge in [0.05, 0.1) is 0 Å². The Hall–Kier alpha value is -1.10. The molecule has 0 radical (unpaired) electrons. The zero-order chi connectivity index (χ0) is 13.2. The van der Waals surface area contributed by atoms with E-state index in [0.717, 1.165) is 18.5 Å². The summed E-state index contributed by atoms with van der Waals surface area (Å²) < 4.78 is 10.9. The van der Waals surface area contributed by atoms with Crippen LogP contribution < -0.4 is 5.32 Å². The number of hydrogen-bond acceptors (Lipinski definition) is 4. The molecule has 0 atom stereocenters. The van der Waals surface area contributed by atoms with Gasteiger partial charge in [0.15, 0.2) is 6.29 Å². The van der Waals surface area contributed by atoms with Gasteiger partial charge in [0, 0.05) is 38.3 Å². The summed E-state index contributed by atoms with van der Waals surface area (Å²) in [5.41, 5.74) is 0.905. The van der Waals surface area contributed by atoms with Gasteiger partial charge in [-0.3, -0.25) is 0 Å². The van der Waals surface area contributed by atoms with Crippen LogP contribution in [0.25, 0.3) is 0 Å². The highest BCUT2D eigenvalue weighted by molar-refractivity contribution is 5.31. The van der Waals surface area contributed by atoms with E-state index >= 15 is 0 Å². The Bertz CT molecular complexity index is 325. The predicted octanol–water partition coefficient (Wildman–Crippen LogP) is 2.27. The molecule has 0 fully saturated rings. The standard InChI is InChI=1S/C14H23NO3/c1-3-17-14(18-4-2)9-10-15-11-12-7-5-6-8-13(12)16/h5-8,14-16H,3-4,9-11H2,1-2H3. The first kappa shape index (κ1) is 15.0. The van der Waals surface area contributed by atoms with Crippen LogP contribution in [0.4, 0.5) is 0 Å². The fourth-order valence-corrected chi connectivity index (χ4v) is 1.69. The van der Waals surface area contributed by atoms with Crippen molar-refractivity contribution >= 4 is 0 Å². The fourth-order valence-electron chi connectivity index (χ4n) is 1.69. The monoisotopic (exact) mass is 253 g/mol. The lowest BCUT2D eigenvalue weighted by Crippen LogP contribution is -2.24. The van der Waals surface area contributed by atoms with Crippen LogP contribution in [0.3, 0.4) is 0 Å². The van der Waals surface area contributed by atoms with Crippen LogP contribution in [0.1, 0.15) is 25.8 Å². The van der Waals surface area contributed by atoms with Gasteiger partial charge in [-0.1, -0.05) is 18.2 Å². The molecule has 0 amide bonds. The number of ether oxygens (including phenoxy) is 2. The molecule has 1 aromatic carbocycles. The molecule has 0 aliphatic carbocycles. The molecule has 2 N–H and O–H groups in total. The third-order valence-corrected chi connectivity index (χ3v) is 2.57. The lowest BCUT2D eigenvalue weighted by Gasteiger charge is -2.17. The number of benzene rings is 1. The molecule has 0 saturated carbocycles. The van der Waals surface area contributed by atoms with E-state index in [1.807, 2.05) is 32.0 Å². The molecule has 0 heterocycles. The highest BCUT2D eigenvalue weighted by Crippen LogP contribution is 2.14. The van der Waals surface area contributed by atoms with Crippen LogP contribution in [0.2, 0.25) is 0 Å². The summed E-state index contributed by atoms with van der Waals surface area (Å²) in [5, 5.41) is 12.9. The summed E-state index contributed by atoms with van der Waals surface area (Å²) in [6.07, 6.45) is 0.659. The van der Waals surface area contributed by atoms with Gasteiger partial charge in [-0.25, -0.2) is 0 Å². The number of phenols is 1. The number of phenolic OH excluding ortho intramolecular Hbond substituents is 1. The third-order valence-electron chi connectivity index (χ3n) is 2.57. The second kappa shape index (κ2) is 8.91. The first-order chi connectivity index (χ1) is 8.77. The molecule has 0 saturated heterocycles. The average molecular weight is 253 g/mol. The van der Waals surface area contributed by atoms with Gasteiger partial charge in [0.2, 0.25) is 0 Å². The molecule has 1 aromatic rings. The molecule has 0 aromatic heterocycles. The summed E-state index contributed by atoms with van der Waals surface area (Å²) in [6, 6.07) is 7.34. The minimum Gasteiger partial charge on any atom is -0.508 e. The van der Waals surface area contributed by atoms with Crippen LogP contribution in [0.5, 0.6) is 5.75 Å². The molecule has 0 unspecified atom stereocenters. The summed E-state index contributed by atoms with van der Waals surface area (Å²) in [6.45, 7) is 6.67. The van der Waals surface area contributed by atoms with Crippen molar-refractivity contribution < 1.29 is 14.6 Å². The van der Waals surface area contributed by atoms with Crippen molar-refractivity contribution in [1.82, 2.24) is 5.32 Å². The first-order valence-electron chi connectivity index (χ1n) is 6.48. The normalized spacial score (nSPS) is 11.1. The number of aromatic hydroxyl groups is 1. The molecule has 1 rings (SSSR count). The van der Waals surface area contributed by atoms with Gasteiger partial charge in [0.1, 0.15) is 5.75 Å². The second-order valence-corrected chi connectivity index (χ2v) is 3.93. The number of nitrogens with one attached hydrogen (secondary N) is 1. The highest BCUT2D eigenvalue weighted by atomic mass is 16.7. The van der Waals surface area contributed by atoms with Gasteiger partial charge < -0.3 is 19.9 Å². The van der Waals surface area contributed by atoms with Crippen LogP contribution in [-0.4, -0.2) is 31.2 Å². The van der Waals surface area contributed by atoms with Gasteiger partial charge in [-0.15, -0.1) is 0 Å². The maximum atomic E-state index is 9.60. The third kappa shape index (κ3) is 5.49. The van der Waals surface area contributed by atoms with E-state index in [-0.39, 0.29) is 6.29 Å². The minimum atomic E-state index is -0.142. The van der Waals surface area contributed by atoms with Crippen molar-refractivity contribution in [2.24, 2.45) is 0 Å². The largest absolute Gasteiger partial charge is 0.508 e. The Morgan fingerprint density at radius 2 is 1.83 bits per heavy atom. The van der Waals surface area contributed by atoms with Crippen molar-refractivity contribution in [1.29, 1.82) is 0 Å². The van der Waals surface area contributed by atoms with E-state index in [9.17, 15) is 5.11 Å². The first-order valence-corrected chi connectivity index (χ1v) is 6.48. The summed E-state index contributed by atoms with van der Waals surface area (Å²) >= 11 is 0. The molecule has 18 heavy (non-hydrogen) atoms. The van der Waals surface area contributed by atoms with E-state index in [2.05, 4.69) is 5.32 Å². The minimum absolute atomic E-state index is 0.142. The van der Waals surface area contributed by atoms with Crippen molar-refractivity contribution in [2.75, 3.05) is 19.8 Å². The van der Waals surface area contributed by atoms with Gasteiger partial charge in [-0.2, -0.15) is 0 Å². The van der Waals surface area contributed by atoms with Gasteiger partial charge in [0.25, 0.3) is 0 Å². The smallest absolute Gasteiger partial charge is 0.158 e. The molecule has 4 heteroatoms. The molecular weight excluding hydrogens is 230 g/mol. The SMILES string of the molecule is CCOC(CCNCc1ccccc1O)OCC. The maximum Gasteiger partial charge on any atom is 0.158 e. The Kier molecular flexibility index (Phi) is 7.41. The molecule has 4 nitrogen and oxygen atoms in total. The Morgan fingerprint density at radius 1 is 1.17 bits per heavy atom. The van der Waals surface area contributed by atoms with Gasteiger partial charge in [-0.05, 0) is 19.9 Å². The number of para-hydroxylation sites is 1. The molecule has 0 aliphatic heterocycles. The zero-order valence-electron chi connectivity index (χ0n) is 11.2. The van der Waals surface area contributed by atoms with E-state index in [1.54, 1.807) is 6.07 Å². The van der Waals surface area contributed by atoms with Crippen molar-refractivity contribution in [3.05, 3.63) is 29.8 Å². The highest BCUT2D eigenvalue weighted by Gasteiger charge is 2.07. The zero-order valence-corrected chi connectivity index (χ0v) is 11.2.